The molecule has 0 unspecified atom stereocenters. The lowest BCUT2D eigenvalue weighted by Crippen LogP contribution is -2.27. The second-order valence-electron chi connectivity index (χ2n) is 6.02. The van der Waals surface area contributed by atoms with E-state index < -0.39 is 0 Å². The lowest BCUT2D eigenvalue weighted by molar-refractivity contribution is -0.121. The number of aryl methyl sites for hydroxylation is 1. The number of aromatic nitrogens is 2. The Hall–Kier alpha value is -2.40. The Balaban J connectivity index is 1.30. The van der Waals surface area contributed by atoms with Crippen LogP contribution in [0.1, 0.15) is 24.8 Å². The number of thiophene rings is 1. The molecule has 25 heavy (non-hydrogen) atoms. The lowest BCUT2D eigenvalue weighted by atomic mass is 10.1. The number of amides is 1. The monoisotopic (exact) mass is 353 g/mol. The zero-order valence-electron chi connectivity index (χ0n) is 14.2. The summed E-state index contributed by atoms with van der Waals surface area (Å²) in [4.78, 5) is 11.9. The summed E-state index contributed by atoms with van der Waals surface area (Å²) in [6, 6.07) is 14.5. The van der Waals surface area contributed by atoms with Gasteiger partial charge in [-0.3, -0.25) is 9.48 Å². The second kappa shape index (κ2) is 9.18. The molecule has 0 atom stereocenters. The fourth-order valence-electron chi connectivity index (χ4n) is 2.71. The molecule has 4 nitrogen and oxygen atoms in total. The number of carbonyl (C=O) groups excluding carboxylic acids is 1. The predicted molar refractivity (Wildman–Crippen MR) is 103 cm³/mol. The van der Waals surface area contributed by atoms with E-state index in [-0.39, 0.29) is 5.91 Å². The molecule has 1 N–H and O–H groups in total. The Morgan fingerprint density at radius 2 is 2.00 bits per heavy atom. The van der Waals surface area contributed by atoms with E-state index in [1.807, 2.05) is 28.4 Å². The van der Waals surface area contributed by atoms with Crippen molar-refractivity contribution in [3.05, 3.63) is 65.0 Å². The van der Waals surface area contributed by atoms with Gasteiger partial charge in [-0.15, -0.1) is 0 Å². The first-order chi connectivity index (χ1) is 12.3. The minimum Gasteiger partial charge on any atom is -0.354 e. The summed E-state index contributed by atoms with van der Waals surface area (Å²) in [6.45, 7) is 1.31. The van der Waals surface area contributed by atoms with Crippen molar-refractivity contribution in [1.29, 1.82) is 0 Å². The fourth-order valence-corrected chi connectivity index (χ4v) is 3.36. The maximum Gasteiger partial charge on any atom is 0.220 e. The van der Waals surface area contributed by atoms with Crippen LogP contribution < -0.4 is 5.32 Å². The first kappa shape index (κ1) is 17.4. The van der Waals surface area contributed by atoms with Crippen molar-refractivity contribution in [3.63, 3.8) is 0 Å². The van der Waals surface area contributed by atoms with Gasteiger partial charge < -0.3 is 5.32 Å². The van der Waals surface area contributed by atoms with Crippen molar-refractivity contribution in [3.8, 4) is 11.3 Å². The van der Waals surface area contributed by atoms with E-state index in [2.05, 4.69) is 46.1 Å². The molecule has 3 aromatic rings. The third-order valence-corrected chi connectivity index (χ3v) is 4.77. The van der Waals surface area contributed by atoms with E-state index in [9.17, 15) is 4.79 Å². The Morgan fingerprint density at radius 1 is 1.12 bits per heavy atom. The summed E-state index contributed by atoms with van der Waals surface area (Å²) in [5, 5.41) is 11.6. The van der Waals surface area contributed by atoms with Gasteiger partial charge in [-0.05, 0) is 42.3 Å². The van der Waals surface area contributed by atoms with Crippen LogP contribution >= 0.6 is 11.3 Å². The van der Waals surface area contributed by atoms with E-state index in [0.29, 0.717) is 19.5 Å². The van der Waals surface area contributed by atoms with Gasteiger partial charge in [-0.25, -0.2) is 0 Å². The topological polar surface area (TPSA) is 46.9 Å². The minimum absolute atomic E-state index is 0.123. The van der Waals surface area contributed by atoms with Gasteiger partial charge in [0.05, 0.1) is 12.2 Å². The molecule has 0 saturated carbocycles. The molecule has 1 amide bonds. The van der Waals surface area contributed by atoms with Crippen LogP contribution in [-0.2, 0) is 17.8 Å². The van der Waals surface area contributed by atoms with E-state index in [1.165, 1.54) is 5.56 Å². The molecule has 5 heteroatoms. The highest BCUT2D eigenvalue weighted by Crippen LogP contribution is 2.19. The number of hydrogen-bond acceptors (Lipinski definition) is 3. The van der Waals surface area contributed by atoms with E-state index in [4.69, 9.17) is 0 Å². The van der Waals surface area contributed by atoms with Crippen molar-refractivity contribution in [2.75, 3.05) is 6.54 Å². The molecule has 3 rings (SSSR count). The molecule has 2 heterocycles. The average Bonchev–Trinajstić information content (AvgIpc) is 3.31. The highest BCUT2D eigenvalue weighted by Gasteiger charge is 2.04. The Labute approximate surface area is 152 Å². The van der Waals surface area contributed by atoms with Crippen molar-refractivity contribution in [1.82, 2.24) is 15.1 Å². The molecular weight excluding hydrogens is 330 g/mol. The van der Waals surface area contributed by atoms with Crippen LogP contribution in [0.4, 0.5) is 0 Å². The molecular formula is C20H23N3OS. The Morgan fingerprint density at radius 3 is 2.80 bits per heavy atom. The van der Waals surface area contributed by atoms with Crippen molar-refractivity contribution >= 4 is 17.2 Å². The Kier molecular flexibility index (Phi) is 6.40. The van der Waals surface area contributed by atoms with Crippen LogP contribution in [0.25, 0.3) is 11.3 Å². The zero-order valence-corrected chi connectivity index (χ0v) is 15.0. The van der Waals surface area contributed by atoms with Crippen LogP contribution in [0.15, 0.2) is 59.4 Å². The van der Waals surface area contributed by atoms with Crippen molar-refractivity contribution in [2.24, 2.45) is 0 Å². The standard InChI is InChI=1S/C20H23N3OS/c24-20(9-5-4-8-17-6-2-1-3-7-17)21-12-14-23-13-10-19(22-23)18-11-15-25-16-18/h1-3,6-7,10-11,13,15-16H,4-5,8-9,12,14H2,(H,21,24). The molecule has 130 valence electrons. The molecule has 0 saturated heterocycles. The summed E-state index contributed by atoms with van der Waals surface area (Å²) in [7, 11) is 0. The quantitative estimate of drug-likeness (QED) is 0.588. The second-order valence-corrected chi connectivity index (χ2v) is 6.80. The van der Waals surface area contributed by atoms with E-state index in [1.54, 1.807) is 11.3 Å². The number of carbonyl (C=O) groups is 1. The number of hydrogen-bond donors (Lipinski definition) is 1. The van der Waals surface area contributed by atoms with Crippen LogP contribution in [0, 0.1) is 0 Å². The number of benzene rings is 1. The number of nitrogens with one attached hydrogen (secondary N) is 1. The third-order valence-electron chi connectivity index (χ3n) is 4.08. The van der Waals surface area contributed by atoms with Gasteiger partial charge >= 0.3 is 0 Å². The maximum atomic E-state index is 11.9. The normalized spacial score (nSPS) is 10.7. The highest BCUT2D eigenvalue weighted by molar-refractivity contribution is 7.08. The summed E-state index contributed by atoms with van der Waals surface area (Å²) >= 11 is 1.67. The number of nitrogens with zero attached hydrogens (tertiary/aromatic N) is 2. The predicted octanol–water partition coefficient (Wildman–Crippen LogP) is 4.14. The van der Waals surface area contributed by atoms with Crippen LogP contribution in [0.2, 0.25) is 0 Å². The molecule has 2 aromatic heterocycles. The smallest absolute Gasteiger partial charge is 0.220 e. The van der Waals surface area contributed by atoms with Gasteiger partial charge in [0.15, 0.2) is 0 Å². The van der Waals surface area contributed by atoms with Gasteiger partial charge in [0.25, 0.3) is 0 Å². The molecule has 0 aliphatic heterocycles. The van der Waals surface area contributed by atoms with Crippen molar-refractivity contribution in [2.45, 2.75) is 32.2 Å². The minimum atomic E-state index is 0.123. The summed E-state index contributed by atoms with van der Waals surface area (Å²) in [5.41, 5.74) is 3.46. The largest absolute Gasteiger partial charge is 0.354 e. The molecule has 0 fully saturated rings. The van der Waals surface area contributed by atoms with Crippen LogP contribution in [0.5, 0.6) is 0 Å². The van der Waals surface area contributed by atoms with Gasteiger partial charge in [0.1, 0.15) is 0 Å². The number of rotatable bonds is 9. The third kappa shape index (κ3) is 5.57. The highest BCUT2D eigenvalue weighted by atomic mass is 32.1. The van der Waals surface area contributed by atoms with E-state index in [0.717, 1.165) is 30.5 Å². The average molecular weight is 353 g/mol. The number of unbranched alkanes of at least 4 members (excludes halogenated alkanes) is 1. The molecule has 0 bridgehead atoms. The van der Waals surface area contributed by atoms with Crippen LogP contribution in [0.3, 0.4) is 0 Å². The first-order valence-electron chi connectivity index (χ1n) is 8.68. The van der Waals surface area contributed by atoms with Gasteiger partial charge in [-0.1, -0.05) is 30.3 Å². The molecule has 0 spiro atoms. The summed E-state index contributed by atoms with van der Waals surface area (Å²) in [6.07, 6.45) is 5.54. The Bertz CT molecular complexity index is 765. The molecule has 0 aliphatic rings. The molecule has 0 radical (unpaired) electrons. The SMILES string of the molecule is O=C(CCCCc1ccccc1)NCCn1ccc(-c2ccsc2)n1. The summed E-state index contributed by atoms with van der Waals surface area (Å²) in [5.74, 6) is 0.123. The van der Waals surface area contributed by atoms with E-state index >= 15 is 0 Å². The zero-order chi connectivity index (χ0) is 17.3. The lowest BCUT2D eigenvalue weighted by Gasteiger charge is -2.06. The molecule has 0 aliphatic carbocycles. The van der Waals surface area contributed by atoms with Crippen molar-refractivity contribution < 1.29 is 4.79 Å². The maximum absolute atomic E-state index is 11.9. The van der Waals surface area contributed by atoms with Gasteiger partial charge in [0, 0.05) is 30.1 Å². The molecule has 1 aromatic carbocycles. The van der Waals surface area contributed by atoms with Crippen LogP contribution in [-0.4, -0.2) is 22.2 Å². The fraction of sp³-hybridized carbons (Fsp3) is 0.300. The first-order valence-corrected chi connectivity index (χ1v) is 9.62. The summed E-state index contributed by atoms with van der Waals surface area (Å²) < 4.78 is 1.88. The van der Waals surface area contributed by atoms with Gasteiger partial charge in [-0.2, -0.15) is 16.4 Å². The van der Waals surface area contributed by atoms with Gasteiger partial charge in [0.2, 0.25) is 5.91 Å².